The third-order valence-electron chi connectivity index (χ3n) is 4.18. The fourth-order valence-electron chi connectivity index (χ4n) is 2.77. The molecular formula is C21H28F2IN3O4. The van der Waals surface area contributed by atoms with Crippen LogP contribution in [0.25, 0.3) is 0 Å². The number of ether oxygens (including phenoxy) is 4. The number of rotatable bonds is 10. The van der Waals surface area contributed by atoms with E-state index >= 15 is 0 Å². The Kier molecular flexibility index (Phi) is 11.8. The first-order chi connectivity index (χ1) is 14.5. The van der Waals surface area contributed by atoms with E-state index in [4.69, 9.17) is 14.2 Å². The summed E-state index contributed by atoms with van der Waals surface area (Å²) < 4.78 is 46.4. The van der Waals surface area contributed by atoms with Gasteiger partial charge in [-0.25, -0.2) is 0 Å². The van der Waals surface area contributed by atoms with E-state index in [1.165, 1.54) is 0 Å². The van der Waals surface area contributed by atoms with Gasteiger partial charge in [-0.15, -0.1) is 24.0 Å². The first kappa shape index (κ1) is 26.5. The molecule has 0 aliphatic carbocycles. The van der Waals surface area contributed by atoms with E-state index in [0.29, 0.717) is 36.2 Å². The molecule has 0 heterocycles. The molecule has 0 fully saturated rings. The molecule has 0 aromatic heterocycles. The van der Waals surface area contributed by atoms with Crippen LogP contribution in [-0.2, 0) is 13.1 Å². The van der Waals surface area contributed by atoms with Gasteiger partial charge in [0.2, 0.25) is 0 Å². The normalized spacial score (nSPS) is 10.9. The Morgan fingerprint density at radius 1 is 1.00 bits per heavy atom. The van der Waals surface area contributed by atoms with Crippen molar-refractivity contribution in [3.63, 3.8) is 0 Å². The Morgan fingerprint density at radius 2 is 1.71 bits per heavy atom. The Balaban J connectivity index is 0.00000480. The minimum atomic E-state index is -2.95. The second-order valence-electron chi connectivity index (χ2n) is 6.01. The number of hydrogen-bond acceptors (Lipinski definition) is 5. The summed E-state index contributed by atoms with van der Waals surface area (Å²) in [5.41, 5.74) is 1.42. The van der Waals surface area contributed by atoms with Crippen LogP contribution in [0.5, 0.6) is 23.0 Å². The number of nitrogens with zero attached hydrogens (tertiary/aromatic N) is 1. The average Bonchev–Trinajstić information content (AvgIpc) is 2.75. The molecule has 0 bridgehead atoms. The van der Waals surface area contributed by atoms with Crippen molar-refractivity contribution in [2.45, 2.75) is 26.6 Å². The Morgan fingerprint density at radius 3 is 2.29 bits per heavy atom. The van der Waals surface area contributed by atoms with E-state index in [1.807, 2.05) is 12.1 Å². The molecule has 0 radical (unpaired) electrons. The predicted octanol–water partition coefficient (Wildman–Crippen LogP) is 4.19. The third kappa shape index (κ3) is 7.93. The van der Waals surface area contributed by atoms with Crippen LogP contribution in [0.15, 0.2) is 41.4 Å². The van der Waals surface area contributed by atoms with Crippen molar-refractivity contribution in [1.82, 2.24) is 10.6 Å². The molecule has 0 aliphatic rings. The topological polar surface area (TPSA) is 73.3 Å². The van der Waals surface area contributed by atoms with Crippen LogP contribution in [0.1, 0.15) is 18.1 Å². The van der Waals surface area contributed by atoms with E-state index in [2.05, 4.69) is 20.4 Å². The highest BCUT2D eigenvalue weighted by molar-refractivity contribution is 14.0. The molecule has 0 atom stereocenters. The fourth-order valence-corrected chi connectivity index (χ4v) is 2.77. The van der Waals surface area contributed by atoms with Gasteiger partial charge in [0.1, 0.15) is 11.5 Å². The first-order valence-electron chi connectivity index (χ1n) is 9.37. The molecule has 7 nitrogen and oxygen atoms in total. The molecule has 0 unspecified atom stereocenters. The molecule has 172 valence electrons. The zero-order valence-corrected chi connectivity index (χ0v) is 20.2. The Hall–Kier alpha value is -2.50. The standard InChI is InChI=1S/C21H27F2N3O4.HI/c1-5-29-17-8-6-7-15(19(17)30-20(22)23)13-26-21(24-2)25-12-14-9-10-16(27-3)11-18(14)28-4;/h6-11,20H,5,12-13H2,1-4H3,(H2,24,25,26);1H. The van der Waals surface area contributed by atoms with Gasteiger partial charge < -0.3 is 29.6 Å². The number of aliphatic imine (C=N–C) groups is 1. The number of guanidine groups is 1. The van der Waals surface area contributed by atoms with Crippen molar-refractivity contribution >= 4 is 29.9 Å². The fraction of sp³-hybridized carbons (Fsp3) is 0.381. The lowest BCUT2D eigenvalue weighted by molar-refractivity contribution is -0.0520. The van der Waals surface area contributed by atoms with Crippen molar-refractivity contribution in [2.24, 2.45) is 4.99 Å². The van der Waals surface area contributed by atoms with E-state index in [0.717, 1.165) is 5.56 Å². The van der Waals surface area contributed by atoms with Gasteiger partial charge in [-0.3, -0.25) is 4.99 Å². The molecule has 0 aliphatic heterocycles. The molecule has 2 aromatic carbocycles. The number of hydrogen-bond donors (Lipinski definition) is 2. The van der Waals surface area contributed by atoms with Crippen LogP contribution in [0.2, 0.25) is 0 Å². The highest BCUT2D eigenvalue weighted by Gasteiger charge is 2.16. The quantitative estimate of drug-likeness (QED) is 0.262. The molecule has 0 saturated carbocycles. The van der Waals surface area contributed by atoms with E-state index < -0.39 is 6.61 Å². The summed E-state index contributed by atoms with van der Waals surface area (Å²) in [7, 11) is 4.79. The molecule has 31 heavy (non-hydrogen) atoms. The highest BCUT2D eigenvalue weighted by atomic mass is 127. The lowest BCUT2D eigenvalue weighted by Gasteiger charge is -2.17. The molecule has 2 rings (SSSR count). The maximum absolute atomic E-state index is 12.9. The Labute approximate surface area is 198 Å². The SMILES string of the molecule is CCOc1cccc(CNC(=NC)NCc2ccc(OC)cc2OC)c1OC(F)F.I. The Bertz CT molecular complexity index is 853. The highest BCUT2D eigenvalue weighted by Crippen LogP contribution is 2.32. The van der Waals surface area contributed by atoms with Crippen LogP contribution in [0.3, 0.4) is 0 Å². The number of alkyl halides is 2. The average molecular weight is 551 g/mol. The number of para-hydroxylation sites is 1. The van der Waals surface area contributed by atoms with Crippen molar-refractivity contribution in [3.8, 4) is 23.0 Å². The van der Waals surface area contributed by atoms with Crippen molar-refractivity contribution in [2.75, 3.05) is 27.9 Å². The second kappa shape index (κ2) is 13.7. The van der Waals surface area contributed by atoms with E-state index in [9.17, 15) is 8.78 Å². The monoisotopic (exact) mass is 551 g/mol. The molecule has 2 aromatic rings. The predicted molar refractivity (Wildman–Crippen MR) is 126 cm³/mol. The lowest BCUT2D eigenvalue weighted by atomic mass is 10.2. The summed E-state index contributed by atoms with van der Waals surface area (Å²) in [6.07, 6.45) is 0. The molecule has 0 amide bonds. The van der Waals surface area contributed by atoms with Gasteiger partial charge in [-0.2, -0.15) is 8.78 Å². The number of benzene rings is 2. The smallest absolute Gasteiger partial charge is 0.387 e. The van der Waals surface area contributed by atoms with Crippen molar-refractivity contribution < 1.29 is 27.7 Å². The molecule has 0 saturated heterocycles. The van der Waals surface area contributed by atoms with E-state index in [1.54, 1.807) is 52.5 Å². The van der Waals surface area contributed by atoms with Crippen LogP contribution in [0, 0.1) is 0 Å². The van der Waals surface area contributed by atoms with Gasteiger partial charge in [0.05, 0.1) is 20.8 Å². The summed E-state index contributed by atoms with van der Waals surface area (Å²) in [5, 5.41) is 6.26. The van der Waals surface area contributed by atoms with Crippen molar-refractivity contribution in [1.29, 1.82) is 0 Å². The summed E-state index contributed by atoms with van der Waals surface area (Å²) in [6, 6.07) is 10.5. The zero-order chi connectivity index (χ0) is 21.9. The maximum Gasteiger partial charge on any atom is 0.387 e. The van der Waals surface area contributed by atoms with E-state index in [-0.39, 0.29) is 42.0 Å². The minimum absolute atomic E-state index is 0. The summed E-state index contributed by atoms with van der Waals surface area (Å²) in [4.78, 5) is 4.17. The number of methoxy groups -OCH3 is 2. The summed E-state index contributed by atoms with van der Waals surface area (Å²) in [6.45, 7) is -0.195. The molecule has 10 heteroatoms. The lowest BCUT2D eigenvalue weighted by Crippen LogP contribution is -2.36. The van der Waals surface area contributed by atoms with Crippen LogP contribution in [0.4, 0.5) is 8.78 Å². The van der Waals surface area contributed by atoms with Gasteiger partial charge in [-0.1, -0.05) is 12.1 Å². The zero-order valence-electron chi connectivity index (χ0n) is 17.9. The third-order valence-corrected chi connectivity index (χ3v) is 4.18. The maximum atomic E-state index is 12.9. The minimum Gasteiger partial charge on any atom is -0.497 e. The summed E-state index contributed by atoms with van der Waals surface area (Å²) >= 11 is 0. The van der Waals surface area contributed by atoms with Gasteiger partial charge >= 0.3 is 6.61 Å². The molecule has 0 spiro atoms. The largest absolute Gasteiger partial charge is 0.497 e. The van der Waals surface area contributed by atoms with Crippen LogP contribution < -0.4 is 29.6 Å². The molecule has 2 N–H and O–H groups in total. The van der Waals surface area contributed by atoms with Crippen molar-refractivity contribution in [3.05, 3.63) is 47.5 Å². The van der Waals surface area contributed by atoms with Gasteiger partial charge in [0, 0.05) is 37.3 Å². The van der Waals surface area contributed by atoms with Gasteiger partial charge in [-0.05, 0) is 25.1 Å². The summed E-state index contributed by atoms with van der Waals surface area (Å²) in [5.74, 6) is 2.13. The van der Waals surface area contributed by atoms with Crippen LogP contribution >= 0.6 is 24.0 Å². The number of nitrogens with one attached hydrogen (secondary N) is 2. The molecular weight excluding hydrogens is 523 g/mol. The first-order valence-corrected chi connectivity index (χ1v) is 9.37. The second-order valence-corrected chi connectivity index (χ2v) is 6.01. The van der Waals surface area contributed by atoms with Crippen LogP contribution in [-0.4, -0.2) is 40.4 Å². The number of halogens is 3. The van der Waals surface area contributed by atoms with Gasteiger partial charge in [0.25, 0.3) is 0 Å². The van der Waals surface area contributed by atoms with Gasteiger partial charge in [0.15, 0.2) is 17.5 Å².